The second-order valence-electron chi connectivity index (χ2n) is 10.1. The molecule has 1 aromatic heterocycles. The predicted molar refractivity (Wildman–Crippen MR) is 175 cm³/mol. The minimum absolute atomic E-state index is 0.264. The van der Waals surface area contributed by atoms with E-state index in [0.717, 1.165) is 22.9 Å². The number of nitrogens with zero attached hydrogens (tertiary/aromatic N) is 2. The van der Waals surface area contributed by atoms with Crippen LogP contribution in [-0.2, 0) is 20.2 Å². The van der Waals surface area contributed by atoms with E-state index in [9.17, 15) is 25.9 Å². The van der Waals surface area contributed by atoms with Gasteiger partial charge in [0.05, 0.1) is 27.3 Å². The van der Waals surface area contributed by atoms with Crippen LogP contribution in [-0.4, -0.2) is 35.9 Å². The Morgan fingerprint density at radius 2 is 1.04 bits per heavy atom. The van der Waals surface area contributed by atoms with Crippen LogP contribution < -0.4 is 11.5 Å². The zero-order chi connectivity index (χ0) is 31.9. The average molecular weight is 657 g/mol. The number of rotatable bonds is 7. The highest BCUT2D eigenvalue weighted by molar-refractivity contribution is 8.00. The van der Waals surface area contributed by atoms with Crippen LogP contribution in [0, 0.1) is 0 Å². The maximum Gasteiger partial charge on any atom is 0.295 e. The second-order valence-corrected chi connectivity index (χ2v) is 14.0. The van der Waals surface area contributed by atoms with E-state index in [1.54, 1.807) is 54.6 Å². The Kier molecular flexibility index (Phi) is 7.81. The molecule has 45 heavy (non-hydrogen) atoms. The van der Waals surface area contributed by atoms with Crippen molar-refractivity contribution < 1.29 is 25.9 Å². The number of anilines is 2. The maximum absolute atomic E-state index is 12.4. The molecular weight excluding hydrogens is 633 g/mol. The standard InChI is InChI=1S/C32H24N4O6S3/c33-23-8-1-20(2-9-23)31-32(21-3-10-24(34)11-4-21)36-28-18-25(12-15-27(28)35-31)43-29-16-7-22(17-30(29)45(40,41)42)19-5-13-26(14-6-19)44(37,38)39/h1-18H,33-34H2,(H,37,38,39)(H,40,41,42). The van der Waals surface area contributed by atoms with E-state index in [2.05, 4.69) is 0 Å². The monoisotopic (exact) mass is 656 g/mol. The van der Waals surface area contributed by atoms with Crippen molar-refractivity contribution in [2.24, 2.45) is 0 Å². The van der Waals surface area contributed by atoms with Crippen LogP contribution in [0.4, 0.5) is 11.4 Å². The highest BCUT2D eigenvalue weighted by Gasteiger charge is 2.20. The van der Waals surface area contributed by atoms with E-state index in [0.29, 0.717) is 49.8 Å². The number of aromatic nitrogens is 2. The average Bonchev–Trinajstić information content (AvgIpc) is 3.00. The lowest BCUT2D eigenvalue weighted by atomic mass is 10.0. The van der Waals surface area contributed by atoms with Crippen LogP contribution in [0.2, 0.25) is 0 Å². The molecule has 0 bridgehead atoms. The van der Waals surface area contributed by atoms with Gasteiger partial charge in [0.2, 0.25) is 0 Å². The molecule has 6 N–H and O–H groups in total. The zero-order valence-electron chi connectivity index (χ0n) is 23.2. The summed E-state index contributed by atoms with van der Waals surface area (Å²) >= 11 is 1.12. The lowest BCUT2D eigenvalue weighted by Gasteiger charge is -2.13. The van der Waals surface area contributed by atoms with E-state index in [4.69, 9.17) is 21.4 Å². The molecule has 0 amide bonds. The molecule has 0 fully saturated rings. The molecule has 0 unspecified atom stereocenters. The Balaban J connectivity index is 1.41. The van der Waals surface area contributed by atoms with Crippen molar-refractivity contribution in [3.05, 3.63) is 109 Å². The fraction of sp³-hybridized carbons (Fsp3) is 0. The molecule has 0 saturated carbocycles. The van der Waals surface area contributed by atoms with Gasteiger partial charge < -0.3 is 11.5 Å². The topological polar surface area (TPSA) is 187 Å². The number of hydrogen-bond donors (Lipinski definition) is 4. The lowest BCUT2D eigenvalue weighted by molar-refractivity contribution is 0.479. The Hall–Kier alpha value is -4.79. The number of benzene rings is 5. The lowest BCUT2D eigenvalue weighted by Crippen LogP contribution is -2.01. The van der Waals surface area contributed by atoms with Gasteiger partial charge >= 0.3 is 0 Å². The third-order valence-corrected chi connectivity index (χ3v) is 9.90. The molecule has 0 saturated heterocycles. The highest BCUT2D eigenvalue weighted by atomic mass is 32.2. The van der Waals surface area contributed by atoms with Gasteiger partial charge in [-0.15, -0.1) is 0 Å². The van der Waals surface area contributed by atoms with E-state index in [1.165, 1.54) is 30.3 Å². The summed E-state index contributed by atoms with van der Waals surface area (Å²) in [5.41, 5.74) is 18.0. The molecule has 6 rings (SSSR count). The molecule has 5 aromatic carbocycles. The molecular formula is C32H24N4O6S3. The summed E-state index contributed by atoms with van der Waals surface area (Å²) < 4.78 is 67.0. The second kappa shape index (κ2) is 11.6. The summed E-state index contributed by atoms with van der Waals surface area (Å²) in [4.78, 5) is 10.2. The Morgan fingerprint density at radius 3 is 1.58 bits per heavy atom. The van der Waals surface area contributed by atoms with Gasteiger partial charge in [-0.3, -0.25) is 9.11 Å². The third-order valence-electron chi connectivity index (χ3n) is 6.94. The molecule has 0 aliphatic rings. The largest absolute Gasteiger partial charge is 0.399 e. The number of nitrogen functional groups attached to an aromatic ring is 2. The molecule has 0 aliphatic heterocycles. The van der Waals surface area contributed by atoms with Crippen molar-refractivity contribution in [1.29, 1.82) is 0 Å². The van der Waals surface area contributed by atoms with Crippen molar-refractivity contribution in [3.8, 4) is 33.6 Å². The predicted octanol–water partition coefficient (Wildman–Crippen LogP) is 6.44. The van der Waals surface area contributed by atoms with Crippen molar-refractivity contribution >= 4 is 54.4 Å². The van der Waals surface area contributed by atoms with Crippen molar-refractivity contribution in [1.82, 2.24) is 9.97 Å². The van der Waals surface area contributed by atoms with Crippen LogP contribution in [0.3, 0.4) is 0 Å². The van der Waals surface area contributed by atoms with Crippen LogP contribution in [0.15, 0.2) is 129 Å². The van der Waals surface area contributed by atoms with Crippen LogP contribution in [0.1, 0.15) is 0 Å². The summed E-state index contributed by atoms with van der Waals surface area (Å²) in [6, 6.07) is 29.8. The fourth-order valence-electron chi connectivity index (χ4n) is 4.70. The summed E-state index contributed by atoms with van der Waals surface area (Å²) in [6.07, 6.45) is 0. The minimum Gasteiger partial charge on any atom is -0.399 e. The number of nitrogens with two attached hydrogens (primary N) is 2. The zero-order valence-corrected chi connectivity index (χ0v) is 25.6. The van der Waals surface area contributed by atoms with Gasteiger partial charge in [-0.05, 0) is 77.9 Å². The third kappa shape index (κ3) is 6.53. The Morgan fingerprint density at radius 1 is 0.533 bits per heavy atom. The number of fused-ring (bicyclic) bond motifs is 1. The highest BCUT2D eigenvalue weighted by Crippen LogP contribution is 2.38. The van der Waals surface area contributed by atoms with E-state index < -0.39 is 20.2 Å². The van der Waals surface area contributed by atoms with Gasteiger partial charge in [-0.25, -0.2) is 9.97 Å². The van der Waals surface area contributed by atoms with Gasteiger partial charge in [0.25, 0.3) is 20.2 Å². The van der Waals surface area contributed by atoms with Crippen LogP contribution >= 0.6 is 11.8 Å². The molecule has 0 radical (unpaired) electrons. The molecule has 1 heterocycles. The Labute approximate surface area is 263 Å². The smallest absolute Gasteiger partial charge is 0.295 e. The summed E-state index contributed by atoms with van der Waals surface area (Å²) in [5.74, 6) is 0. The van der Waals surface area contributed by atoms with Crippen molar-refractivity contribution in [2.45, 2.75) is 19.6 Å². The first-order valence-electron chi connectivity index (χ1n) is 13.3. The summed E-state index contributed by atoms with van der Waals surface area (Å²) in [5, 5.41) is 0. The maximum atomic E-state index is 12.4. The molecule has 0 spiro atoms. The van der Waals surface area contributed by atoms with Gasteiger partial charge in [-0.2, -0.15) is 16.8 Å². The summed E-state index contributed by atoms with van der Waals surface area (Å²) in [7, 11) is -9.03. The first kappa shape index (κ1) is 30.2. The SMILES string of the molecule is Nc1ccc(-c2nc3ccc(Sc4ccc(-c5ccc(S(=O)(=O)O)cc5)cc4S(=O)(=O)O)cc3nc2-c2ccc(N)cc2)cc1. The van der Waals surface area contributed by atoms with Gasteiger partial charge in [0.15, 0.2) is 0 Å². The number of hydrogen-bond acceptors (Lipinski definition) is 9. The minimum atomic E-state index is -4.65. The van der Waals surface area contributed by atoms with Crippen LogP contribution in [0.25, 0.3) is 44.7 Å². The quantitative estimate of drug-likeness (QED) is 0.109. The first-order valence-corrected chi connectivity index (χ1v) is 17.0. The molecule has 13 heteroatoms. The van der Waals surface area contributed by atoms with Gasteiger partial charge in [0, 0.05) is 32.3 Å². The fourth-order valence-corrected chi connectivity index (χ4v) is 7.08. The van der Waals surface area contributed by atoms with E-state index >= 15 is 0 Å². The molecule has 0 aliphatic carbocycles. The normalized spacial score (nSPS) is 12.0. The molecule has 10 nitrogen and oxygen atoms in total. The molecule has 0 atom stereocenters. The van der Waals surface area contributed by atoms with Crippen molar-refractivity contribution in [3.63, 3.8) is 0 Å². The van der Waals surface area contributed by atoms with Crippen molar-refractivity contribution in [2.75, 3.05) is 11.5 Å². The van der Waals surface area contributed by atoms with Gasteiger partial charge in [0.1, 0.15) is 4.90 Å². The van der Waals surface area contributed by atoms with E-state index in [-0.39, 0.29) is 14.7 Å². The first-order chi connectivity index (χ1) is 21.3. The van der Waals surface area contributed by atoms with Crippen LogP contribution in [0.5, 0.6) is 0 Å². The Bertz CT molecular complexity index is 2290. The summed E-state index contributed by atoms with van der Waals surface area (Å²) in [6.45, 7) is 0. The molecule has 6 aromatic rings. The molecule has 226 valence electrons. The van der Waals surface area contributed by atoms with E-state index in [1.807, 2.05) is 24.3 Å². The van der Waals surface area contributed by atoms with Gasteiger partial charge in [-0.1, -0.05) is 54.2 Å².